The van der Waals surface area contributed by atoms with Crippen LogP contribution in [0, 0.1) is 5.92 Å². The van der Waals surface area contributed by atoms with Crippen LogP contribution in [0.25, 0.3) is 33.3 Å². The standard InChI is InChI=1S/C28H29N5O3/c1-18(2)27(34)31-13-3-15-36-22-10-8-20(9-11-22)19-4-6-21(7-5-19)26-16-23(28(35)33-29)24-17-30-14-12-25(24)32-26/h4-12,14,16-18H,3,13,15,29H2,1-2H3,(H,31,34)(H,33,35). The Morgan fingerprint density at radius 2 is 1.64 bits per heavy atom. The Labute approximate surface area is 209 Å². The Hall–Kier alpha value is -4.30. The fraction of sp³-hybridized carbons (Fsp3) is 0.214. The van der Waals surface area contributed by atoms with Gasteiger partial charge in [0.1, 0.15) is 5.75 Å². The summed E-state index contributed by atoms with van der Waals surface area (Å²) in [7, 11) is 0. The summed E-state index contributed by atoms with van der Waals surface area (Å²) in [5, 5.41) is 3.53. The van der Waals surface area contributed by atoms with Crippen LogP contribution in [-0.4, -0.2) is 34.9 Å². The lowest BCUT2D eigenvalue weighted by Gasteiger charge is -2.10. The quantitative estimate of drug-likeness (QED) is 0.143. The number of hydrogen-bond donors (Lipinski definition) is 3. The van der Waals surface area contributed by atoms with Crippen LogP contribution < -0.4 is 21.3 Å². The van der Waals surface area contributed by atoms with Gasteiger partial charge in [0.25, 0.3) is 5.91 Å². The summed E-state index contributed by atoms with van der Waals surface area (Å²) in [4.78, 5) is 32.7. The fourth-order valence-corrected chi connectivity index (χ4v) is 3.74. The normalized spacial score (nSPS) is 10.9. The van der Waals surface area contributed by atoms with Crippen LogP contribution in [0.5, 0.6) is 5.75 Å². The number of carbonyl (C=O) groups excluding carboxylic acids is 2. The minimum absolute atomic E-state index is 0.0101. The van der Waals surface area contributed by atoms with Crippen LogP contribution in [-0.2, 0) is 4.79 Å². The molecule has 0 radical (unpaired) electrons. The SMILES string of the molecule is CC(C)C(=O)NCCCOc1ccc(-c2ccc(-c3cc(C(=O)NN)c4cnccc4n3)cc2)cc1. The summed E-state index contributed by atoms with van der Waals surface area (Å²) in [5.41, 5.74) is 6.94. The van der Waals surface area contributed by atoms with Crippen LogP contribution in [0.4, 0.5) is 0 Å². The molecular weight excluding hydrogens is 454 g/mol. The van der Waals surface area contributed by atoms with Gasteiger partial charge in [-0.25, -0.2) is 10.8 Å². The van der Waals surface area contributed by atoms with Crippen molar-refractivity contribution < 1.29 is 14.3 Å². The molecule has 184 valence electrons. The highest BCUT2D eigenvalue weighted by atomic mass is 16.5. The number of nitrogens with one attached hydrogen (secondary N) is 2. The second-order valence-electron chi connectivity index (χ2n) is 8.67. The highest BCUT2D eigenvalue weighted by molar-refractivity contribution is 6.06. The van der Waals surface area contributed by atoms with E-state index in [1.165, 1.54) is 0 Å². The summed E-state index contributed by atoms with van der Waals surface area (Å²) in [6.07, 6.45) is 4.00. The molecule has 0 atom stereocenters. The van der Waals surface area contributed by atoms with E-state index in [4.69, 9.17) is 15.6 Å². The molecule has 4 aromatic rings. The van der Waals surface area contributed by atoms with E-state index < -0.39 is 5.91 Å². The molecule has 0 aliphatic heterocycles. The molecule has 0 unspecified atom stereocenters. The molecule has 2 amide bonds. The lowest BCUT2D eigenvalue weighted by Crippen LogP contribution is -2.30. The summed E-state index contributed by atoms with van der Waals surface area (Å²) in [5.74, 6) is 5.81. The van der Waals surface area contributed by atoms with Crippen LogP contribution in [0.2, 0.25) is 0 Å². The van der Waals surface area contributed by atoms with Gasteiger partial charge >= 0.3 is 0 Å². The van der Waals surface area contributed by atoms with E-state index in [0.29, 0.717) is 35.3 Å². The van der Waals surface area contributed by atoms with Crippen molar-refractivity contribution in [2.24, 2.45) is 11.8 Å². The van der Waals surface area contributed by atoms with Gasteiger partial charge in [0.2, 0.25) is 5.91 Å². The molecule has 8 heteroatoms. The van der Waals surface area contributed by atoms with E-state index in [9.17, 15) is 9.59 Å². The van der Waals surface area contributed by atoms with Crippen LogP contribution in [0.15, 0.2) is 73.1 Å². The number of benzene rings is 2. The van der Waals surface area contributed by atoms with Gasteiger partial charge in [0, 0.05) is 35.8 Å². The number of hydrazine groups is 1. The number of fused-ring (bicyclic) bond motifs is 1. The number of nitrogen functional groups attached to an aromatic ring is 1. The van der Waals surface area contributed by atoms with Gasteiger partial charge in [-0.1, -0.05) is 50.2 Å². The molecule has 4 N–H and O–H groups in total. The van der Waals surface area contributed by atoms with Gasteiger partial charge in [-0.15, -0.1) is 0 Å². The number of ether oxygens (including phenoxy) is 1. The van der Waals surface area contributed by atoms with Crippen molar-refractivity contribution in [3.05, 3.63) is 78.6 Å². The largest absolute Gasteiger partial charge is 0.494 e. The zero-order chi connectivity index (χ0) is 25.5. The molecule has 0 fully saturated rings. The first-order chi connectivity index (χ1) is 17.5. The number of nitrogens with zero attached hydrogens (tertiary/aromatic N) is 2. The molecule has 4 rings (SSSR count). The molecule has 2 aromatic carbocycles. The van der Waals surface area contributed by atoms with Crippen molar-refractivity contribution >= 4 is 22.7 Å². The number of hydrogen-bond acceptors (Lipinski definition) is 6. The molecule has 2 heterocycles. The van der Waals surface area contributed by atoms with E-state index in [2.05, 4.69) is 15.7 Å². The highest BCUT2D eigenvalue weighted by Crippen LogP contribution is 2.28. The predicted molar refractivity (Wildman–Crippen MR) is 140 cm³/mol. The number of carbonyl (C=O) groups is 2. The molecule has 8 nitrogen and oxygen atoms in total. The van der Waals surface area contributed by atoms with Crippen molar-refractivity contribution in [3.63, 3.8) is 0 Å². The number of nitrogens with two attached hydrogens (primary N) is 1. The monoisotopic (exact) mass is 483 g/mol. The molecule has 0 aliphatic rings. The van der Waals surface area contributed by atoms with Crippen LogP contribution in [0.3, 0.4) is 0 Å². The Morgan fingerprint density at radius 3 is 2.31 bits per heavy atom. The molecule has 0 spiro atoms. The van der Waals surface area contributed by atoms with E-state index in [-0.39, 0.29) is 11.8 Å². The van der Waals surface area contributed by atoms with Gasteiger partial charge in [0.15, 0.2) is 0 Å². The minimum Gasteiger partial charge on any atom is -0.494 e. The zero-order valence-electron chi connectivity index (χ0n) is 20.3. The zero-order valence-corrected chi connectivity index (χ0v) is 20.3. The van der Waals surface area contributed by atoms with Gasteiger partial charge in [-0.05, 0) is 41.8 Å². The van der Waals surface area contributed by atoms with Crippen molar-refractivity contribution in [1.29, 1.82) is 0 Å². The second-order valence-corrected chi connectivity index (χ2v) is 8.67. The topological polar surface area (TPSA) is 119 Å². The average molecular weight is 484 g/mol. The average Bonchev–Trinajstić information content (AvgIpc) is 2.92. The van der Waals surface area contributed by atoms with E-state index in [1.807, 2.05) is 62.4 Å². The Bertz CT molecular complexity index is 1350. The Morgan fingerprint density at radius 1 is 0.972 bits per heavy atom. The molecule has 0 saturated carbocycles. The minimum atomic E-state index is -0.393. The third-order valence-corrected chi connectivity index (χ3v) is 5.77. The van der Waals surface area contributed by atoms with Gasteiger partial charge < -0.3 is 10.1 Å². The second kappa shape index (κ2) is 11.4. The molecular formula is C28H29N5O3. The van der Waals surface area contributed by atoms with Crippen molar-refractivity contribution in [2.75, 3.05) is 13.2 Å². The summed E-state index contributed by atoms with van der Waals surface area (Å²) >= 11 is 0. The maximum absolute atomic E-state index is 12.3. The van der Waals surface area contributed by atoms with Crippen molar-refractivity contribution in [2.45, 2.75) is 20.3 Å². The molecule has 0 saturated heterocycles. The molecule has 2 aromatic heterocycles. The van der Waals surface area contributed by atoms with Gasteiger partial charge in [0.05, 0.1) is 23.4 Å². The predicted octanol–water partition coefficient (Wildman–Crippen LogP) is 4.11. The highest BCUT2D eigenvalue weighted by Gasteiger charge is 2.13. The smallest absolute Gasteiger partial charge is 0.265 e. The van der Waals surface area contributed by atoms with Crippen LogP contribution >= 0.6 is 0 Å². The van der Waals surface area contributed by atoms with Crippen molar-refractivity contribution in [3.8, 4) is 28.1 Å². The Kier molecular flexibility index (Phi) is 7.87. The van der Waals surface area contributed by atoms with Gasteiger partial charge in [-0.3, -0.25) is 20.0 Å². The van der Waals surface area contributed by atoms with E-state index in [0.717, 1.165) is 28.9 Å². The Balaban J connectivity index is 1.42. The summed E-state index contributed by atoms with van der Waals surface area (Å²) in [6.45, 7) is 4.88. The number of pyridine rings is 2. The maximum Gasteiger partial charge on any atom is 0.265 e. The lowest BCUT2D eigenvalue weighted by atomic mass is 10.0. The maximum atomic E-state index is 12.3. The van der Waals surface area contributed by atoms with Crippen LogP contribution in [0.1, 0.15) is 30.6 Å². The lowest BCUT2D eigenvalue weighted by molar-refractivity contribution is -0.123. The van der Waals surface area contributed by atoms with E-state index >= 15 is 0 Å². The third kappa shape index (κ3) is 5.84. The first kappa shape index (κ1) is 24.8. The first-order valence-corrected chi connectivity index (χ1v) is 11.8. The fourth-order valence-electron chi connectivity index (χ4n) is 3.74. The van der Waals surface area contributed by atoms with Gasteiger partial charge in [-0.2, -0.15) is 0 Å². The molecule has 0 aliphatic carbocycles. The van der Waals surface area contributed by atoms with Crippen molar-refractivity contribution in [1.82, 2.24) is 20.7 Å². The number of amides is 2. The number of aromatic nitrogens is 2. The molecule has 0 bridgehead atoms. The summed E-state index contributed by atoms with van der Waals surface area (Å²) in [6, 6.07) is 19.4. The van der Waals surface area contributed by atoms with E-state index in [1.54, 1.807) is 24.5 Å². The summed E-state index contributed by atoms with van der Waals surface area (Å²) < 4.78 is 5.79. The third-order valence-electron chi connectivity index (χ3n) is 5.77. The molecule has 36 heavy (non-hydrogen) atoms. The first-order valence-electron chi connectivity index (χ1n) is 11.8. The number of rotatable bonds is 9.